The predicted molar refractivity (Wildman–Crippen MR) is 80.7 cm³/mol. The summed E-state index contributed by atoms with van der Waals surface area (Å²) in [5.41, 5.74) is 0.886. The van der Waals surface area contributed by atoms with Gasteiger partial charge in [-0.3, -0.25) is 4.79 Å². The fourth-order valence-corrected chi connectivity index (χ4v) is 3.57. The molecule has 0 N–H and O–H groups in total. The standard InChI is InChI=1S/C13H10Br2O2S/c1-17-12-3-2-9(14)6-8(12)7-11(16)13-10(15)4-5-18-13/h2-6H,7H2,1H3. The maximum Gasteiger partial charge on any atom is 0.178 e. The van der Waals surface area contributed by atoms with Crippen molar-refractivity contribution in [3.63, 3.8) is 0 Å². The number of carbonyl (C=O) groups is 1. The molecule has 0 unspecified atom stereocenters. The van der Waals surface area contributed by atoms with E-state index in [4.69, 9.17) is 4.74 Å². The van der Waals surface area contributed by atoms with Crippen LogP contribution in [-0.4, -0.2) is 12.9 Å². The molecule has 0 radical (unpaired) electrons. The monoisotopic (exact) mass is 388 g/mol. The van der Waals surface area contributed by atoms with Crippen molar-refractivity contribution in [1.29, 1.82) is 0 Å². The van der Waals surface area contributed by atoms with Crippen molar-refractivity contribution < 1.29 is 9.53 Å². The lowest BCUT2D eigenvalue weighted by molar-refractivity contribution is 0.0995. The van der Waals surface area contributed by atoms with Gasteiger partial charge < -0.3 is 4.74 Å². The summed E-state index contributed by atoms with van der Waals surface area (Å²) in [6, 6.07) is 7.55. The van der Waals surface area contributed by atoms with Gasteiger partial charge in [-0.1, -0.05) is 15.9 Å². The highest BCUT2D eigenvalue weighted by Crippen LogP contribution is 2.28. The van der Waals surface area contributed by atoms with Crippen LogP contribution in [0.15, 0.2) is 38.6 Å². The van der Waals surface area contributed by atoms with E-state index in [0.29, 0.717) is 6.42 Å². The molecule has 0 aliphatic carbocycles. The molecule has 1 heterocycles. The van der Waals surface area contributed by atoms with Gasteiger partial charge in [-0.2, -0.15) is 0 Å². The molecule has 94 valence electrons. The maximum absolute atomic E-state index is 12.2. The Balaban J connectivity index is 2.27. The van der Waals surface area contributed by atoms with Crippen molar-refractivity contribution in [2.75, 3.05) is 7.11 Å². The lowest BCUT2D eigenvalue weighted by Gasteiger charge is -2.08. The highest BCUT2D eigenvalue weighted by Gasteiger charge is 2.15. The molecule has 0 spiro atoms. The Morgan fingerprint density at radius 3 is 2.72 bits per heavy atom. The number of Topliss-reactive ketones (excluding diaryl/α,β-unsaturated/α-hetero) is 1. The van der Waals surface area contributed by atoms with Crippen LogP contribution in [0.4, 0.5) is 0 Å². The molecule has 5 heteroatoms. The van der Waals surface area contributed by atoms with Crippen LogP contribution in [0.2, 0.25) is 0 Å². The minimum Gasteiger partial charge on any atom is -0.496 e. The number of ether oxygens (including phenoxy) is 1. The lowest BCUT2D eigenvalue weighted by Crippen LogP contribution is -2.03. The van der Waals surface area contributed by atoms with Crippen molar-refractivity contribution in [3.05, 3.63) is 49.0 Å². The van der Waals surface area contributed by atoms with Gasteiger partial charge in [0, 0.05) is 20.9 Å². The van der Waals surface area contributed by atoms with Crippen molar-refractivity contribution in [2.24, 2.45) is 0 Å². The minimum atomic E-state index is 0.0910. The zero-order valence-corrected chi connectivity index (χ0v) is 13.6. The molecule has 2 nitrogen and oxygen atoms in total. The van der Waals surface area contributed by atoms with E-state index in [9.17, 15) is 4.79 Å². The molecule has 0 aliphatic rings. The van der Waals surface area contributed by atoms with Gasteiger partial charge in [0.15, 0.2) is 5.78 Å². The number of rotatable bonds is 4. The van der Waals surface area contributed by atoms with E-state index < -0.39 is 0 Å². The Labute approximate surface area is 126 Å². The number of benzene rings is 1. The highest BCUT2D eigenvalue weighted by atomic mass is 79.9. The fraction of sp³-hybridized carbons (Fsp3) is 0.154. The first-order chi connectivity index (χ1) is 8.61. The van der Waals surface area contributed by atoms with Gasteiger partial charge in [0.1, 0.15) is 5.75 Å². The third kappa shape index (κ3) is 3.02. The summed E-state index contributed by atoms with van der Waals surface area (Å²) < 4.78 is 7.06. The molecule has 2 aromatic rings. The highest BCUT2D eigenvalue weighted by molar-refractivity contribution is 9.10. The summed E-state index contributed by atoms with van der Waals surface area (Å²) in [6.45, 7) is 0. The molecule has 0 fully saturated rings. The van der Waals surface area contributed by atoms with Crippen molar-refractivity contribution in [1.82, 2.24) is 0 Å². The topological polar surface area (TPSA) is 26.3 Å². The van der Waals surface area contributed by atoms with Crippen molar-refractivity contribution in [3.8, 4) is 5.75 Å². The van der Waals surface area contributed by atoms with E-state index in [0.717, 1.165) is 25.1 Å². The van der Waals surface area contributed by atoms with Crippen LogP contribution in [-0.2, 0) is 6.42 Å². The Morgan fingerprint density at radius 1 is 1.33 bits per heavy atom. The van der Waals surface area contributed by atoms with Crippen molar-refractivity contribution in [2.45, 2.75) is 6.42 Å². The van der Waals surface area contributed by atoms with Crippen LogP contribution in [0.1, 0.15) is 15.2 Å². The van der Waals surface area contributed by atoms with Crippen LogP contribution in [0.25, 0.3) is 0 Å². The van der Waals surface area contributed by atoms with Crippen LogP contribution in [0.3, 0.4) is 0 Å². The number of carbonyl (C=O) groups excluding carboxylic acids is 1. The summed E-state index contributed by atoms with van der Waals surface area (Å²) in [4.78, 5) is 12.9. The fourth-order valence-electron chi connectivity index (χ4n) is 1.63. The number of methoxy groups -OCH3 is 1. The van der Waals surface area contributed by atoms with Gasteiger partial charge in [-0.15, -0.1) is 11.3 Å². The van der Waals surface area contributed by atoms with Gasteiger partial charge in [-0.05, 0) is 45.6 Å². The summed E-state index contributed by atoms with van der Waals surface area (Å²) in [5, 5.41) is 1.90. The van der Waals surface area contributed by atoms with E-state index in [2.05, 4.69) is 31.9 Å². The first kappa shape index (κ1) is 13.8. The number of hydrogen-bond donors (Lipinski definition) is 0. The number of ketones is 1. The lowest BCUT2D eigenvalue weighted by atomic mass is 10.1. The van der Waals surface area contributed by atoms with Crippen LogP contribution >= 0.6 is 43.2 Å². The second-order valence-corrected chi connectivity index (χ2v) is 6.34. The molecule has 18 heavy (non-hydrogen) atoms. The van der Waals surface area contributed by atoms with Gasteiger partial charge in [-0.25, -0.2) is 0 Å². The van der Waals surface area contributed by atoms with Gasteiger partial charge >= 0.3 is 0 Å². The molecular formula is C13H10Br2O2S. The van der Waals surface area contributed by atoms with Gasteiger partial charge in [0.2, 0.25) is 0 Å². The maximum atomic E-state index is 12.2. The van der Waals surface area contributed by atoms with E-state index >= 15 is 0 Å². The number of thiophene rings is 1. The average molecular weight is 390 g/mol. The molecule has 1 aromatic heterocycles. The normalized spacial score (nSPS) is 10.4. The second kappa shape index (κ2) is 5.99. The molecule has 0 aliphatic heterocycles. The Kier molecular flexibility index (Phi) is 4.59. The molecule has 1 aromatic carbocycles. The van der Waals surface area contributed by atoms with Crippen LogP contribution in [0.5, 0.6) is 5.75 Å². The summed E-state index contributed by atoms with van der Waals surface area (Å²) >= 11 is 8.23. The van der Waals surface area contributed by atoms with Crippen molar-refractivity contribution >= 4 is 49.0 Å². The summed E-state index contributed by atoms with van der Waals surface area (Å²) in [7, 11) is 1.61. The SMILES string of the molecule is COc1ccc(Br)cc1CC(=O)c1sccc1Br. The summed E-state index contributed by atoms with van der Waals surface area (Å²) in [6.07, 6.45) is 0.335. The third-order valence-electron chi connectivity index (χ3n) is 2.46. The van der Waals surface area contributed by atoms with E-state index in [1.807, 2.05) is 29.6 Å². The van der Waals surface area contributed by atoms with Gasteiger partial charge in [0.25, 0.3) is 0 Å². The van der Waals surface area contributed by atoms with Crippen LogP contribution in [0, 0.1) is 0 Å². The van der Waals surface area contributed by atoms with E-state index in [1.165, 1.54) is 11.3 Å². The second-order valence-electron chi connectivity index (χ2n) is 3.65. The minimum absolute atomic E-state index is 0.0910. The number of hydrogen-bond acceptors (Lipinski definition) is 3. The average Bonchev–Trinajstić information content (AvgIpc) is 2.76. The molecular weight excluding hydrogens is 380 g/mol. The third-order valence-corrected chi connectivity index (χ3v) is 4.84. The number of halogens is 2. The largest absolute Gasteiger partial charge is 0.496 e. The molecule has 0 saturated heterocycles. The zero-order valence-electron chi connectivity index (χ0n) is 9.57. The smallest absolute Gasteiger partial charge is 0.178 e. The Bertz CT molecular complexity index is 578. The molecule has 2 rings (SSSR count). The first-order valence-electron chi connectivity index (χ1n) is 5.20. The Morgan fingerprint density at radius 2 is 2.11 bits per heavy atom. The molecule has 0 bridgehead atoms. The molecule has 0 amide bonds. The zero-order chi connectivity index (χ0) is 13.1. The first-order valence-corrected chi connectivity index (χ1v) is 7.67. The summed E-state index contributed by atoms with van der Waals surface area (Å²) in [5.74, 6) is 0.826. The van der Waals surface area contributed by atoms with Gasteiger partial charge in [0.05, 0.1) is 12.0 Å². The molecule has 0 saturated carbocycles. The Hall–Kier alpha value is -0.650. The van der Waals surface area contributed by atoms with Crippen LogP contribution < -0.4 is 4.74 Å². The quantitative estimate of drug-likeness (QED) is 0.708. The predicted octanol–water partition coefficient (Wildman–Crippen LogP) is 4.71. The van der Waals surface area contributed by atoms with E-state index in [1.54, 1.807) is 7.11 Å². The van der Waals surface area contributed by atoms with E-state index in [-0.39, 0.29) is 5.78 Å². The molecule has 0 atom stereocenters.